The molecule has 2 aliphatic rings. The average Bonchev–Trinajstić information content (AvgIpc) is 2.59. The fourth-order valence-corrected chi connectivity index (χ4v) is 4.42. The summed E-state index contributed by atoms with van der Waals surface area (Å²) in [4.78, 5) is 14.3. The first-order valence-electron chi connectivity index (χ1n) is 8.55. The zero-order valence-electron chi connectivity index (χ0n) is 14.0. The van der Waals surface area contributed by atoms with Gasteiger partial charge in [0.2, 0.25) is 15.9 Å². The molecule has 1 unspecified atom stereocenters. The predicted molar refractivity (Wildman–Crippen MR) is 88.7 cm³/mol. The fraction of sp³-hybridized carbons (Fsp3) is 0.933. The molecule has 23 heavy (non-hydrogen) atoms. The van der Waals surface area contributed by atoms with Crippen molar-refractivity contribution in [3.63, 3.8) is 0 Å². The van der Waals surface area contributed by atoms with Gasteiger partial charge in [-0.2, -0.15) is 4.31 Å². The number of sulfonamides is 1. The molecule has 2 aliphatic heterocycles. The molecule has 0 spiro atoms. The van der Waals surface area contributed by atoms with E-state index in [1.807, 2.05) is 0 Å². The Kier molecular flexibility index (Phi) is 7.26. The molecule has 0 aromatic heterocycles. The van der Waals surface area contributed by atoms with Crippen molar-refractivity contribution in [3.05, 3.63) is 0 Å². The quantitative estimate of drug-likeness (QED) is 0.703. The minimum Gasteiger partial charge on any atom is -0.379 e. The Morgan fingerprint density at radius 2 is 1.78 bits per heavy atom. The second-order valence-corrected chi connectivity index (χ2v) is 8.42. The van der Waals surface area contributed by atoms with E-state index in [2.05, 4.69) is 17.1 Å². The molecule has 134 valence electrons. The summed E-state index contributed by atoms with van der Waals surface area (Å²) in [5.74, 6) is -0.317. The Balaban J connectivity index is 1.67. The van der Waals surface area contributed by atoms with Gasteiger partial charge in [0.15, 0.2) is 0 Å². The van der Waals surface area contributed by atoms with E-state index < -0.39 is 10.0 Å². The van der Waals surface area contributed by atoms with Crippen LogP contribution in [0, 0.1) is 0 Å². The van der Waals surface area contributed by atoms with Crippen LogP contribution in [-0.4, -0.2) is 81.3 Å². The molecule has 0 aromatic carbocycles. The van der Waals surface area contributed by atoms with E-state index in [-0.39, 0.29) is 18.1 Å². The van der Waals surface area contributed by atoms with Gasteiger partial charge in [-0.1, -0.05) is 6.42 Å². The summed E-state index contributed by atoms with van der Waals surface area (Å²) in [6.45, 7) is 6.49. The number of piperidine rings is 1. The zero-order valence-corrected chi connectivity index (χ0v) is 14.8. The Morgan fingerprint density at radius 1 is 1.13 bits per heavy atom. The maximum absolute atomic E-state index is 12.2. The van der Waals surface area contributed by atoms with Crippen LogP contribution in [0.25, 0.3) is 0 Å². The number of hydrogen-bond acceptors (Lipinski definition) is 5. The summed E-state index contributed by atoms with van der Waals surface area (Å²) in [7, 11) is -3.36. The number of nitrogens with zero attached hydrogens (tertiary/aromatic N) is 2. The minimum atomic E-state index is -3.36. The normalized spacial score (nSPS) is 22.7. The molecule has 2 fully saturated rings. The summed E-state index contributed by atoms with van der Waals surface area (Å²) >= 11 is 0. The minimum absolute atomic E-state index is 0.0202. The molecule has 2 saturated heterocycles. The fourth-order valence-electron chi connectivity index (χ4n) is 3.01. The second-order valence-electron chi connectivity index (χ2n) is 6.33. The molecule has 8 heteroatoms. The highest BCUT2D eigenvalue weighted by atomic mass is 32.2. The molecule has 1 amide bonds. The lowest BCUT2D eigenvalue weighted by molar-refractivity contribution is -0.120. The van der Waals surface area contributed by atoms with Crippen molar-refractivity contribution in [2.24, 2.45) is 0 Å². The first-order valence-corrected chi connectivity index (χ1v) is 10.2. The molecule has 7 nitrogen and oxygen atoms in total. The standard InChI is InChI=1S/C15H29N3O4S/c1-14(17-6-3-2-4-7-17)13-16-15(19)5-12-23(20,21)18-8-10-22-11-9-18/h14H,2-13H2,1H3,(H,16,19). The number of carbonyl (C=O) groups is 1. The van der Waals surface area contributed by atoms with E-state index in [1.165, 1.54) is 23.6 Å². The SMILES string of the molecule is CC(CNC(=O)CCS(=O)(=O)N1CCOCC1)N1CCCCC1. The number of ether oxygens (including phenoxy) is 1. The molecule has 0 aliphatic carbocycles. The van der Waals surface area contributed by atoms with E-state index in [0.29, 0.717) is 38.9 Å². The van der Waals surface area contributed by atoms with E-state index in [0.717, 1.165) is 13.1 Å². The van der Waals surface area contributed by atoms with Crippen molar-refractivity contribution >= 4 is 15.9 Å². The van der Waals surface area contributed by atoms with Gasteiger partial charge in [0.1, 0.15) is 0 Å². The molecular formula is C15H29N3O4S. The highest BCUT2D eigenvalue weighted by molar-refractivity contribution is 7.89. The Morgan fingerprint density at radius 3 is 2.43 bits per heavy atom. The van der Waals surface area contributed by atoms with Gasteiger partial charge >= 0.3 is 0 Å². The molecule has 2 rings (SSSR count). The smallest absolute Gasteiger partial charge is 0.221 e. The summed E-state index contributed by atoms with van der Waals surface area (Å²) in [5, 5.41) is 2.87. The molecular weight excluding hydrogens is 318 g/mol. The van der Waals surface area contributed by atoms with Crippen molar-refractivity contribution in [1.29, 1.82) is 0 Å². The number of morpholine rings is 1. The molecule has 0 bridgehead atoms. The largest absolute Gasteiger partial charge is 0.379 e. The van der Waals surface area contributed by atoms with Crippen LogP contribution in [0.3, 0.4) is 0 Å². The highest BCUT2D eigenvalue weighted by Crippen LogP contribution is 2.11. The number of nitrogens with one attached hydrogen (secondary N) is 1. The zero-order chi connectivity index (χ0) is 16.7. The predicted octanol–water partition coefficient (Wildman–Crippen LogP) is 0.0291. The van der Waals surface area contributed by atoms with Crippen LogP contribution in [0.4, 0.5) is 0 Å². The molecule has 0 aromatic rings. The maximum atomic E-state index is 12.2. The van der Waals surface area contributed by atoms with Gasteiger partial charge in [0.25, 0.3) is 0 Å². The number of carbonyl (C=O) groups excluding carboxylic acids is 1. The van der Waals surface area contributed by atoms with Gasteiger partial charge in [0, 0.05) is 32.1 Å². The number of likely N-dealkylation sites (tertiary alicyclic amines) is 1. The monoisotopic (exact) mass is 347 g/mol. The molecule has 2 heterocycles. The molecule has 1 N–H and O–H groups in total. The third-order valence-corrected chi connectivity index (χ3v) is 6.43. The molecule has 0 saturated carbocycles. The lowest BCUT2D eigenvalue weighted by atomic mass is 10.1. The van der Waals surface area contributed by atoms with Crippen LogP contribution in [0.2, 0.25) is 0 Å². The highest BCUT2D eigenvalue weighted by Gasteiger charge is 2.25. The summed E-state index contributed by atoms with van der Waals surface area (Å²) in [6.07, 6.45) is 3.74. The Labute approximate surface area is 139 Å². The van der Waals surface area contributed by atoms with E-state index in [1.54, 1.807) is 0 Å². The number of rotatable bonds is 7. The Bertz CT molecular complexity index is 471. The second kappa shape index (κ2) is 8.96. The van der Waals surface area contributed by atoms with Gasteiger partial charge in [-0.15, -0.1) is 0 Å². The molecule has 1 atom stereocenters. The van der Waals surface area contributed by atoms with Gasteiger partial charge in [-0.25, -0.2) is 8.42 Å². The van der Waals surface area contributed by atoms with E-state index in [9.17, 15) is 13.2 Å². The van der Waals surface area contributed by atoms with Crippen molar-refractivity contribution < 1.29 is 17.9 Å². The van der Waals surface area contributed by atoms with Crippen molar-refractivity contribution in [2.45, 2.75) is 38.6 Å². The van der Waals surface area contributed by atoms with Crippen LogP contribution in [0.1, 0.15) is 32.6 Å². The lowest BCUT2D eigenvalue weighted by Gasteiger charge is -2.32. The van der Waals surface area contributed by atoms with Crippen molar-refractivity contribution in [1.82, 2.24) is 14.5 Å². The summed E-state index contributed by atoms with van der Waals surface area (Å²) < 4.78 is 30.9. The summed E-state index contributed by atoms with van der Waals surface area (Å²) in [5.41, 5.74) is 0. The molecule has 0 radical (unpaired) electrons. The average molecular weight is 347 g/mol. The van der Waals surface area contributed by atoms with Gasteiger partial charge in [0.05, 0.1) is 19.0 Å². The first-order chi connectivity index (χ1) is 11.0. The first kappa shape index (κ1) is 18.6. The van der Waals surface area contributed by atoms with Crippen LogP contribution in [-0.2, 0) is 19.6 Å². The Hall–Kier alpha value is -0.700. The van der Waals surface area contributed by atoms with Gasteiger partial charge in [-0.05, 0) is 32.9 Å². The van der Waals surface area contributed by atoms with Crippen LogP contribution < -0.4 is 5.32 Å². The number of hydrogen-bond donors (Lipinski definition) is 1. The number of amides is 1. The van der Waals surface area contributed by atoms with Crippen LogP contribution in [0.5, 0.6) is 0 Å². The van der Waals surface area contributed by atoms with Gasteiger partial charge < -0.3 is 10.1 Å². The van der Waals surface area contributed by atoms with Crippen LogP contribution in [0.15, 0.2) is 0 Å². The maximum Gasteiger partial charge on any atom is 0.221 e. The summed E-state index contributed by atoms with van der Waals surface area (Å²) in [6, 6.07) is 0.301. The lowest BCUT2D eigenvalue weighted by Crippen LogP contribution is -2.45. The van der Waals surface area contributed by atoms with Gasteiger partial charge in [-0.3, -0.25) is 9.69 Å². The van der Waals surface area contributed by atoms with Crippen LogP contribution >= 0.6 is 0 Å². The van der Waals surface area contributed by atoms with Crippen molar-refractivity contribution in [3.8, 4) is 0 Å². The van der Waals surface area contributed by atoms with E-state index >= 15 is 0 Å². The van der Waals surface area contributed by atoms with Crippen molar-refractivity contribution in [2.75, 3.05) is 51.7 Å². The third-order valence-electron chi connectivity index (χ3n) is 4.56. The van der Waals surface area contributed by atoms with E-state index in [4.69, 9.17) is 4.74 Å². The third kappa shape index (κ3) is 6.02. The topological polar surface area (TPSA) is 79.0 Å².